The minimum Gasteiger partial charge on any atom is -0.351 e. The first-order valence-corrected chi connectivity index (χ1v) is 10.8. The quantitative estimate of drug-likeness (QED) is 0.596. The first-order chi connectivity index (χ1) is 13.2. The van der Waals surface area contributed by atoms with Crippen molar-refractivity contribution in [2.75, 3.05) is 16.8 Å². The molecule has 2 aromatic carbocycles. The molecule has 0 aromatic heterocycles. The summed E-state index contributed by atoms with van der Waals surface area (Å²) in [5.74, 6) is -1.10. The van der Waals surface area contributed by atoms with Crippen LogP contribution in [0.3, 0.4) is 0 Å². The van der Waals surface area contributed by atoms with Gasteiger partial charge in [-0.25, -0.2) is 13.2 Å². The maximum Gasteiger partial charge on any atom is 0.316 e. The van der Waals surface area contributed by atoms with Gasteiger partial charge >= 0.3 is 6.03 Å². The summed E-state index contributed by atoms with van der Waals surface area (Å²) in [6.45, 7) is 1.76. The van der Waals surface area contributed by atoms with E-state index in [-0.39, 0.29) is 11.8 Å². The summed E-state index contributed by atoms with van der Waals surface area (Å²) >= 11 is 0. The highest BCUT2D eigenvalue weighted by Gasteiger charge is 2.18. The maximum absolute atomic E-state index is 12.2. The number of primary amides is 1. The zero-order chi connectivity index (χ0) is 20.6. The monoisotopic (exact) mass is 403 g/mol. The molecule has 0 fully saturated rings. The van der Waals surface area contributed by atoms with Crippen LogP contribution < -0.4 is 16.4 Å². The van der Waals surface area contributed by atoms with Crippen LogP contribution in [0.1, 0.15) is 30.5 Å². The van der Waals surface area contributed by atoms with Crippen LogP contribution in [0, 0.1) is 0 Å². The van der Waals surface area contributed by atoms with Gasteiger partial charge in [0.25, 0.3) is 0 Å². The number of amides is 3. The normalized spacial score (nSPS) is 12.2. The molecular formula is C20H25N3O4S. The van der Waals surface area contributed by atoms with Crippen molar-refractivity contribution in [3.05, 3.63) is 65.7 Å². The van der Waals surface area contributed by atoms with Crippen LogP contribution in [0.4, 0.5) is 10.5 Å². The van der Waals surface area contributed by atoms with Crippen molar-refractivity contribution in [1.29, 1.82) is 0 Å². The molecule has 150 valence electrons. The summed E-state index contributed by atoms with van der Waals surface area (Å²) in [4.78, 5) is 22.9. The Morgan fingerprint density at radius 3 is 2.29 bits per heavy atom. The Morgan fingerprint density at radius 2 is 1.68 bits per heavy atom. The minimum atomic E-state index is -3.47. The summed E-state index contributed by atoms with van der Waals surface area (Å²) in [5.41, 5.74) is 7.44. The largest absolute Gasteiger partial charge is 0.351 e. The third kappa shape index (κ3) is 7.40. The average Bonchev–Trinajstić information content (AvgIpc) is 2.62. The standard InChI is InChI=1S/C20H25N3O4S/c1-15(17-9-11-18(12-10-17)23-20(21)25)22-19(24)14-28(26,27)13-5-8-16-6-3-2-4-7-16/h2-4,6-7,9-12,15H,5,8,13-14H2,1H3,(H,22,24)(H3,21,23,25). The van der Waals surface area contributed by atoms with Gasteiger partial charge in [-0.1, -0.05) is 42.5 Å². The van der Waals surface area contributed by atoms with Crippen molar-refractivity contribution in [2.45, 2.75) is 25.8 Å². The Kier molecular flexibility index (Phi) is 7.57. The minimum absolute atomic E-state index is 0.0306. The molecule has 0 aliphatic heterocycles. The number of urea groups is 1. The number of nitrogens with one attached hydrogen (secondary N) is 2. The number of hydrogen-bond acceptors (Lipinski definition) is 4. The molecule has 3 amide bonds. The number of carbonyl (C=O) groups is 2. The molecule has 0 saturated carbocycles. The van der Waals surface area contributed by atoms with Gasteiger partial charge in [-0.05, 0) is 43.0 Å². The third-order valence-electron chi connectivity index (χ3n) is 4.17. The summed E-state index contributed by atoms with van der Waals surface area (Å²) in [6, 6.07) is 15.4. The zero-order valence-corrected chi connectivity index (χ0v) is 16.5. The fourth-order valence-corrected chi connectivity index (χ4v) is 3.99. The molecule has 0 spiro atoms. The summed E-state index contributed by atoms with van der Waals surface area (Å²) in [5, 5.41) is 5.14. The first kappa shape index (κ1) is 21.4. The molecule has 2 aromatic rings. The van der Waals surface area contributed by atoms with E-state index in [9.17, 15) is 18.0 Å². The summed E-state index contributed by atoms with van der Waals surface area (Å²) in [7, 11) is -3.47. The van der Waals surface area contributed by atoms with E-state index < -0.39 is 27.5 Å². The van der Waals surface area contributed by atoms with Gasteiger partial charge in [-0.15, -0.1) is 0 Å². The van der Waals surface area contributed by atoms with Gasteiger partial charge in [0.2, 0.25) is 5.91 Å². The van der Waals surface area contributed by atoms with E-state index in [1.54, 1.807) is 31.2 Å². The molecule has 0 radical (unpaired) electrons. The fourth-order valence-electron chi connectivity index (χ4n) is 2.78. The molecule has 28 heavy (non-hydrogen) atoms. The van der Waals surface area contributed by atoms with Crippen LogP contribution in [0.5, 0.6) is 0 Å². The van der Waals surface area contributed by atoms with Crippen molar-refractivity contribution in [3.63, 3.8) is 0 Å². The highest BCUT2D eigenvalue weighted by atomic mass is 32.2. The fraction of sp³-hybridized carbons (Fsp3) is 0.300. The Bertz CT molecular complexity index is 897. The first-order valence-electron chi connectivity index (χ1n) is 8.95. The molecule has 0 bridgehead atoms. The number of aryl methyl sites for hydroxylation is 1. The predicted octanol–water partition coefficient (Wildman–Crippen LogP) is 2.40. The number of sulfone groups is 1. The van der Waals surface area contributed by atoms with Crippen LogP contribution in [0.25, 0.3) is 0 Å². The second-order valence-corrected chi connectivity index (χ2v) is 8.77. The number of nitrogens with two attached hydrogens (primary N) is 1. The van der Waals surface area contributed by atoms with Gasteiger partial charge < -0.3 is 16.4 Å². The van der Waals surface area contributed by atoms with E-state index in [1.807, 2.05) is 30.3 Å². The molecule has 1 unspecified atom stereocenters. The van der Waals surface area contributed by atoms with E-state index in [4.69, 9.17) is 5.73 Å². The molecular weight excluding hydrogens is 378 g/mol. The topological polar surface area (TPSA) is 118 Å². The van der Waals surface area contributed by atoms with Crippen LogP contribution in [0.15, 0.2) is 54.6 Å². The van der Waals surface area contributed by atoms with Crippen molar-refractivity contribution >= 4 is 27.5 Å². The van der Waals surface area contributed by atoms with Gasteiger partial charge in [-0.3, -0.25) is 4.79 Å². The number of benzene rings is 2. The lowest BCUT2D eigenvalue weighted by Crippen LogP contribution is -2.33. The smallest absolute Gasteiger partial charge is 0.316 e. The van der Waals surface area contributed by atoms with E-state index in [0.29, 0.717) is 18.5 Å². The molecule has 4 N–H and O–H groups in total. The molecule has 0 aliphatic carbocycles. The van der Waals surface area contributed by atoms with Gasteiger partial charge in [0, 0.05) is 5.69 Å². The van der Waals surface area contributed by atoms with Crippen molar-refractivity contribution in [2.24, 2.45) is 5.73 Å². The Hall–Kier alpha value is -2.87. The van der Waals surface area contributed by atoms with E-state index in [0.717, 1.165) is 11.1 Å². The van der Waals surface area contributed by atoms with Crippen molar-refractivity contribution in [1.82, 2.24) is 5.32 Å². The molecule has 0 saturated heterocycles. The van der Waals surface area contributed by atoms with Crippen molar-refractivity contribution < 1.29 is 18.0 Å². The molecule has 2 rings (SSSR count). The van der Waals surface area contributed by atoms with Crippen LogP contribution in [-0.4, -0.2) is 31.9 Å². The molecule has 0 aliphatic rings. The van der Waals surface area contributed by atoms with Gasteiger partial charge in [-0.2, -0.15) is 0 Å². The molecule has 8 heteroatoms. The number of anilines is 1. The number of rotatable bonds is 9. The highest BCUT2D eigenvalue weighted by Crippen LogP contribution is 2.16. The lowest BCUT2D eigenvalue weighted by atomic mass is 10.1. The van der Waals surface area contributed by atoms with Crippen LogP contribution in [-0.2, 0) is 21.1 Å². The van der Waals surface area contributed by atoms with E-state index in [2.05, 4.69) is 10.6 Å². The van der Waals surface area contributed by atoms with Crippen molar-refractivity contribution in [3.8, 4) is 0 Å². The Labute approximate surface area is 165 Å². The second-order valence-electron chi connectivity index (χ2n) is 6.58. The lowest BCUT2D eigenvalue weighted by molar-refractivity contribution is -0.119. The lowest BCUT2D eigenvalue weighted by Gasteiger charge is -2.15. The number of carbonyl (C=O) groups excluding carboxylic acids is 2. The number of hydrogen-bond donors (Lipinski definition) is 3. The summed E-state index contributed by atoms with van der Waals surface area (Å²) in [6.07, 6.45) is 1.13. The highest BCUT2D eigenvalue weighted by molar-refractivity contribution is 7.92. The molecule has 1 atom stereocenters. The van der Waals surface area contributed by atoms with Gasteiger partial charge in [0.05, 0.1) is 11.8 Å². The van der Waals surface area contributed by atoms with Crippen LogP contribution in [0.2, 0.25) is 0 Å². The second kappa shape index (κ2) is 9.89. The van der Waals surface area contributed by atoms with Gasteiger partial charge in [0.1, 0.15) is 5.75 Å². The average molecular weight is 404 g/mol. The molecule has 0 heterocycles. The SMILES string of the molecule is CC(NC(=O)CS(=O)(=O)CCCc1ccccc1)c1ccc(NC(N)=O)cc1. The Balaban J connectivity index is 1.81. The van der Waals surface area contributed by atoms with E-state index >= 15 is 0 Å². The van der Waals surface area contributed by atoms with Crippen LogP contribution >= 0.6 is 0 Å². The third-order valence-corrected chi connectivity index (χ3v) is 5.78. The van der Waals surface area contributed by atoms with E-state index in [1.165, 1.54) is 0 Å². The zero-order valence-electron chi connectivity index (χ0n) is 15.7. The molecule has 7 nitrogen and oxygen atoms in total. The predicted molar refractivity (Wildman–Crippen MR) is 110 cm³/mol. The maximum atomic E-state index is 12.2. The summed E-state index contributed by atoms with van der Waals surface area (Å²) < 4.78 is 24.4. The Morgan fingerprint density at radius 1 is 1.04 bits per heavy atom. The van der Waals surface area contributed by atoms with Gasteiger partial charge in [0.15, 0.2) is 9.84 Å².